The summed E-state index contributed by atoms with van der Waals surface area (Å²) in [6.07, 6.45) is 1.55. The number of nitro groups is 1. The molecule has 0 saturated heterocycles. The molecule has 29 heavy (non-hydrogen) atoms. The van der Waals surface area contributed by atoms with Crippen LogP contribution < -0.4 is 0 Å². The van der Waals surface area contributed by atoms with Crippen LogP contribution in [0.4, 0.5) is 5.69 Å². The third-order valence-corrected chi connectivity index (χ3v) is 4.40. The number of aromatic nitrogens is 2. The summed E-state index contributed by atoms with van der Waals surface area (Å²) in [6.45, 7) is 1.98. The van der Waals surface area contributed by atoms with Crippen molar-refractivity contribution in [3.05, 3.63) is 88.0 Å². The van der Waals surface area contributed by atoms with Gasteiger partial charge in [-0.05, 0) is 31.2 Å². The number of non-ortho nitro benzene ring substituents is 1. The highest BCUT2D eigenvalue weighted by Crippen LogP contribution is 2.29. The lowest BCUT2D eigenvalue weighted by molar-refractivity contribution is -0.384. The van der Waals surface area contributed by atoms with E-state index in [-0.39, 0.29) is 16.6 Å². The maximum absolute atomic E-state index is 10.9. The van der Waals surface area contributed by atoms with Gasteiger partial charge in [0, 0.05) is 29.3 Å². The van der Waals surface area contributed by atoms with E-state index in [9.17, 15) is 10.1 Å². The second-order valence-electron chi connectivity index (χ2n) is 6.28. The Balaban J connectivity index is 1.58. The van der Waals surface area contributed by atoms with Gasteiger partial charge in [-0.15, -0.1) is 10.2 Å². The molecule has 0 aliphatic rings. The minimum absolute atomic E-state index is 0.0106. The van der Waals surface area contributed by atoms with E-state index in [4.69, 9.17) is 20.4 Å². The summed E-state index contributed by atoms with van der Waals surface area (Å²) in [4.78, 5) is 10.5. The van der Waals surface area contributed by atoms with E-state index in [1.54, 1.807) is 30.3 Å². The maximum Gasteiger partial charge on any atom is 0.270 e. The van der Waals surface area contributed by atoms with Gasteiger partial charge in [0.1, 0.15) is 16.6 Å². The summed E-state index contributed by atoms with van der Waals surface area (Å²) in [5, 5.41) is 19.2. The normalized spacial score (nSPS) is 11.6. The van der Waals surface area contributed by atoms with Gasteiger partial charge in [-0.25, -0.2) is 0 Å². The Labute approximate surface area is 170 Å². The molecular weight excluding hydrogens is 394 g/mol. The third kappa shape index (κ3) is 4.09. The predicted octanol–water partition coefficient (Wildman–Crippen LogP) is 5.95. The molecule has 0 saturated carbocycles. The summed E-state index contributed by atoms with van der Waals surface area (Å²) in [5.74, 6) is 1.46. The standard InChI is InChI=1S/C21H14ClN3O4/c1-13-4-2-6-15(10-13)20-23-24-21(29-20)18(22)12-17-8-9-19(28-17)14-5-3-7-16(11-14)25(26)27/h2-12H,1H3/b18-12-. The van der Waals surface area contributed by atoms with Crippen LogP contribution in [-0.4, -0.2) is 15.1 Å². The first-order chi connectivity index (χ1) is 14.0. The summed E-state index contributed by atoms with van der Waals surface area (Å²) in [6, 6.07) is 17.3. The molecule has 0 bridgehead atoms. The molecule has 2 heterocycles. The van der Waals surface area contributed by atoms with Gasteiger partial charge in [-0.1, -0.05) is 41.4 Å². The molecule has 0 spiro atoms. The lowest BCUT2D eigenvalue weighted by atomic mass is 10.1. The van der Waals surface area contributed by atoms with E-state index in [1.165, 1.54) is 12.1 Å². The van der Waals surface area contributed by atoms with Crippen molar-refractivity contribution in [3.8, 4) is 22.8 Å². The number of nitrogens with zero attached hydrogens (tertiary/aromatic N) is 3. The Hall–Kier alpha value is -3.71. The summed E-state index contributed by atoms with van der Waals surface area (Å²) in [7, 11) is 0. The Morgan fingerprint density at radius 3 is 2.62 bits per heavy atom. The molecule has 0 aliphatic carbocycles. The van der Waals surface area contributed by atoms with Gasteiger partial charge in [-0.3, -0.25) is 10.1 Å². The molecule has 4 aromatic rings. The summed E-state index contributed by atoms with van der Waals surface area (Å²) < 4.78 is 11.4. The largest absolute Gasteiger partial charge is 0.457 e. The van der Waals surface area contributed by atoms with Gasteiger partial charge in [0.25, 0.3) is 11.6 Å². The van der Waals surface area contributed by atoms with Crippen molar-refractivity contribution in [2.75, 3.05) is 0 Å². The van der Waals surface area contributed by atoms with Crippen molar-refractivity contribution in [2.24, 2.45) is 0 Å². The van der Waals surface area contributed by atoms with E-state index >= 15 is 0 Å². The second kappa shape index (κ2) is 7.73. The van der Waals surface area contributed by atoms with Gasteiger partial charge in [0.2, 0.25) is 5.89 Å². The van der Waals surface area contributed by atoms with Crippen LogP contribution in [0.1, 0.15) is 17.2 Å². The second-order valence-corrected chi connectivity index (χ2v) is 6.69. The topological polar surface area (TPSA) is 95.2 Å². The molecule has 7 nitrogen and oxygen atoms in total. The van der Waals surface area contributed by atoms with Crippen molar-refractivity contribution >= 4 is 28.4 Å². The molecule has 0 N–H and O–H groups in total. The fraction of sp³-hybridized carbons (Fsp3) is 0.0476. The van der Waals surface area contributed by atoms with Gasteiger partial charge in [0.05, 0.1) is 4.92 Å². The van der Waals surface area contributed by atoms with Gasteiger partial charge < -0.3 is 8.83 Å². The number of aryl methyl sites for hydroxylation is 1. The fourth-order valence-electron chi connectivity index (χ4n) is 2.76. The Morgan fingerprint density at radius 1 is 1.03 bits per heavy atom. The molecule has 0 aliphatic heterocycles. The molecule has 144 valence electrons. The number of benzene rings is 2. The number of halogens is 1. The first-order valence-corrected chi connectivity index (χ1v) is 9.00. The molecule has 0 atom stereocenters. The monoisotopic (exact) mass is 407 g/mol. The van der Waals surface area contributed by atoms with E-state index in [0.717, 1.165) is 11.1 Å². The van der Waals surface area contributed by atoms with Gasteiger partial charge in [-0.2, -0.15) is 0 Å². The number of hydrogen-bond donors (Lipinski definition) is 0. The van der Waals surface area contributed by atoms with Crippen LogP contribution in [0.15, 0.2) is 69.5 Å². The summed E-state index contributed by atoms with van der Waals surface area (Å²) in [5.41, 5.74) is 2.46. The van der Waals surface area contributed by atoms with Crippen LogP contribution in [0.3, 0.4) is 0 Å². The van der Waals surface area contributed by atoms with Gasteiger partial charge in [0.15, 0.2) is 0 Å². The van der Waals surface area contributed by atoms with Crippen LogP contribution in [-0.2, 0) is 0 Å². The zero-order chi connectivity index (χ0) is 20.4. The van der Waals surface area contributed by atoms with Crippen molar-refractivity contribution < 1.29 is 13.8 Å². The van der Waals surface area contributed by atoms with Crippen LogP contribution >= 0.6 is 11.6 Å². The molecule has 0 fully saturated rings. The minimum atomic E-state index is -0.453. The lowest BCUT2D eigenvalue weighted by Crippen LogP contribution is -1.87. The number of nitro benzene ring substituents is 1. The Kier molecular flexibility index (Phi) is 4.97. The third-order valence-electron chi connectivity index (χ3n) is 4.13. The van der Waals surface area contributed by atoms with Crippen molar-refractivity contribution in [1.29, 1.82) is 0 Å². The first kappa shape index (κ1) is 18.6. The van der Waals surface area contributed by atoms with Crippen LogP contribution in [0, 0.1) is 17.0 Å². The quantitative estimate of drug-likeness (QED) is 0.299. The van der Waals surface area contributed by atoms with E-state index in [1.807, 2.05) is 31.2 Å². The molecule has 0 unspecified atom stereocenters. The first-order valence-electron chi connectivity index (χ1n) is 8.62. The average Bonchev–Trinajstić information content (AvgIpc) is 3.38. The maximum atomic E-state index is 10.9. The molecule has 2 aromatic heterocycles. The fourth-order valence-corrected chi connectivity index (χ4v) is 2.94. The molecule has 2 aromatic carbocycles. The predicted molar refractivity (Wildman–Crippen MR) is 109 cm³/mol. The minimum Gasteiger partial charge on any atom is -0.457 e. The zero-order valence-corrected chi connectivity index (χ0v) is 16.0. The number of hydrogen-bond acceptors (Lipinski definition) is 6. The molecule has 0 radical (unpaired) electrons. The van der Waals surface area contributed by atoms with Crippen molar-refractivity contribution in [1.82, 2.24) is 10.2 Å². The van der Waals surface area contributed by atoms with Gasteiger partial charge >= 0.3 is 0 Å². The Bertz CT molecular complexity index is 1230. The highest BCUT2D eigenvalue weighted by atomic mass is 35.5. The zero-order valence-electron chi connectivity index (χ0n) is 15.2. The highest BCUT2D eigenvalue weighted by Gasteiger charge is 2.13. The smallest absolute Gasteiger partial charge is 0.270 e. The SMILES string of the molecule is Cc1cccc(-c2nnc(/C(Cl)=C/c3ccc(-c4cccc([N+](=O)[O-])c4)o3)o2)c1. The van der Waals surface area contributed by atoms with Crippen LogP contribution in [0.5, 0.6) is 0 Å². The molecule has 0 amide bonds. The molecule has 8 heteroatoms. The van der Waals surface area contributed by atoms with E-state index < -0.39 is 4.92 Å². The highest BCUT2D eigenvalue weighted by molar-refractivity contribution is 6.50. The average molecular weight is 408 g/mol. The van der Waals surface area contributed by atoms with Crippen LogP contribution in [0.25, 0.3) is 33.9 Å². The van der Waals surface area contributed by atoms with E-state index in [0.29, 0.717) is 23.0 Å². The van der Waals surface area contributed by atoms with Crippen LogP contribution in [0.2, 0.25) is 0 Å². The molecule has 4 rings (SSSR count). The number of rotatable bonds is 5. The van der Waals surface area contributed by atoms with E-state index in [2.05, 4.69) is 10.2 Å². The van der Waals surface area contributed by atoms with Crippen molar-refractivity contribution in [2.45, 2.75) is 6.92 Å². The lowest BCUT2D eigenvalue weighted by Gasteiger charge is -1.97. The summed E-state index contributed by atoms with van der Waals surface area (Å²) >= 11 is 6.31. The number of furan rings is 1. The Morgan fingerprint density at radius 2 is 1.83 bits per heavy atom. The van der Waals surface area contributed by atoms with Crippen molar-refractivity contribution in [3.63, 3.8) is 0 Å². The molecular formula is C21H14ClN3O4.